The first-order valence-electron chi connectivity index (χ1n) is 8.73. The Morgan fingerprint density at radius 2 is 2.04 bits per heavy atom. The summed E-state index contributed by atoms with van der Waals surface area (Å²) in [6.45, 7) is 4.16. The maximum Gasteiger partial charge on any atom is 0.284 e. The molecule has 0 radical (unpaired) electrons. The van der Waals surface area contributed by atoms with Gasteiger partial charge in [0.1, 0.15) is 0 Å². The third-order valence-corrected chi connectivity index (χ3v) is 5.37. The van der Waals surface area contributed by atoms with Gasteiger partial charge in [0.15, 0.2) is 0 Å². The third-order valence-electron chi connectivity index (χ3n) is 4.30. The average Bonchev–Trinajstić information content (AvgIpc) is 2.69. The fraction of sp³-hybridized carbons (Fsp3) is 0.250. The summed E-state index contributed by atoms with van der Waals surface area (Å²) in [5.74, 6) is -0.301. The minimum absolute atomic E-state index is 0.0608. The van der Waals surface area contributed by atoms with E-state index in [2.05, 4.69) is 16.7 Å². The fourth-order valence-corrected chi connectivity index (χ4v) is 3.65. The van der Waals surface area contributed by atoms with Crippen molar-refractivity contribution in [2.75, 3.05) is 19.6 Å². The van der Waals surface area contributed by atoms with E-state index < -0.39 is 4.92 Å². The van der Waals surface area contributed by atoms with Crippen molar-refractivity contribution in [2.45, 2.75) is 23.1 Å². The summed E-state index contributed by atoms with van der Waals surface area (Å²) < 4.78 is 0. The molecule has 1 aliphatic heterocycles. The van der Waals surface area contributed by atoms with Crippen molar-refractivity contribution >= 4 is 23.4 Å². The molecule has 1 amide bonds. The lowest BCUT2D eigenvalue weighted by Gasteiger charge is -2.14. The van der Waals surface area contributed by atoms with Crippen LogP contribution in [0.15, 0.2) is 63.9 Å². The predicted octanol–water partition coefficient (Wildman–Crippen LogP) is 3.70. The summed E-state index contributed by atoms with van der Waals surface area (Å²) >= 11 is 1.32. The van der Waals surface area contributed by atoms with Crippen molar-refractivity contribution in [3.63, 3.8) is 0 Å². The van der Waals surface area contributed by atoms with E-state index in [9.17, 15) is 14.9 Å². The molecule has 0 unspecified atom stereocenters. The van der Waals surface area contributed by atoms with Gasteiger partial charge >= 0.3 is 0 Å². The number of nitrogens with zero attached hydrogens (tertiary/aromatic N) is 1. The zero-order valence-corrected chi connectivity index (χ0v) is 15.8. The Morgan fingerprint density at radius 3 is 2.70 bits per heavy atom. The highest BCUT2D eigenvalue weighted by Crippen LogP contribution is 2.35. The van der Waals surface area contributed by atoms with Gasteiger partial charge in [0.25, 0.3) is 11.6 Å². The van der Waals surface area contributed by atoms with Gasteiger partial charge in [0.05, 0.1) is 9.82 Å². The summed E-state index contributed by atoms with van der Waals surface area (Å²) in [7, 11) is 0. The highest BCUT2D eigenvalue weighted by molar-refractivity contribution is 7.99. The Hall–Kier alpha value is -2.64. The molecule has 0 saturated heterocycles. The van der Waals surface area contributed by atoms with Crippen molar-refractivity contribution in [1.82, 2.24) is 10.6 Å². The number of nitrogens with one attached hydrogen (secondary N) is 2. The van der Waals surface area contributed by atoms with Gasteiger partial charge in [-0.15, -0.1) is 0 Å². The van der Waals surface area contributed by atoms with E-state index in [0.717, 1.165) is 30.0 Å². The summed E-state index contributed by atoms with van der Waals surface area (Å²) in [6, 6.07) is 12.4. The molecule has 2 aromatic rings. The second kappa shape index (κ2) is 8.83. The van der Waals surface area contributed by atoms with Gasteiger partial charge in [-0.1, -0.05) is 41.1 Å². The number of hydrogen-bond acceptors (Lipinski definition) is 5. The van der Waals surface area contributed by atoms with Crippen molar-refractivity contribution in [3.8, 4) is 0 Å². The van der Waals surface area contributed by atoms with Crippen LogP contribution in [-0.4, -0.2) is 30.5 Å². The second-order valence-corrected chi connectivity index (χ2v) is 7.47. The van der Waals surface area contributed by atoms with E-state index in [0.29, 0.717) is 17.0 Å². The number of amides is 1. The lowest BCUT2D eigenvalue weighted by Crippen LogP contribution is -2.29. The number of nitro groups is 1. The molecule has 0 atom stereocenters. The molecular formula is C20H21N3O3S. The summed E-state index contributed by atoms with van der Waals surface area (Å²) in [6.07, 6.45) is 2.96. The fourth-order valence-electron chi connectivity index (χ4n) is 2.75. The molecule has 1 aliphatic rings. The summed E-state index contributed by atoms with van der Waals surface area (Å²) in [5.41, 5.74) is 2.53. The van der Waals surface area contributed by atoms with Gasteiger partial charge in [-0.3, -0.25) is 14.9 Å². The first kappa shape index (κ1) is 19.1. The number of benzene rings is 2. The Bertz CT molecular complexity index is 879. The minimum atomic E-state index is -0.442. The molecule has 0 spiro atoms. The van der Waals surface area contributed by atoms with Crippen LogP contribution in [0.1, 0.15) is 22.3 Å². The quantitative estimate of drug-likeness (QED) is 0.451. The molecule has 2 aromatic carbocycles. The van der Waals surface area contributed by atoms with E-state index in [1.165, 1.54) is 23.4 Å². The molecule has 0 aromatic heterocycles. The number of aryl methyl sites for hydroxylation is 1. The van der Waals surface area contributed by atoms with Crippen LogP contribution in [0.5, 0.6) is 0 Å². The van der Waals surface area contributed by atoms with Gasteiger partial charge in [-0.25, -0.2) is 0 Å². The SMILES string of the molecule is Cc1ccc(Sc2ccc(C(=O)NCC3=CCNCC3)cc2[N+](=O)[O-])cc1. The van der Waals surface area contributed by atoms with E-state index in [-0.39, 0.29) is 11.6 Å². The normalized spacial score (nSPS) is 13.7. The first-order valence-corrected chi connectivity index (χ1v) is 9.54. The number of rotatable bonds is 6. The molecule has 3 rings (SSSR count). The van der Waals surface area contributed by atoms with E-state index in [1.807, 2.05) is 31.2 Å². The van der Waals surface area contributed by atoms with Crippen LogP contribution in [0.25, 0.3) is 0 Å². The largest absolute Gasteiger partial charge is 0.348 e. The predicted molar refractivity (Wildman–Crippen MR) is 106 cm³/mol. The van der Waals surface area contributed by atoms with Crippen LogP contribution in [-0.2, 0) is 0 Å². The number of carbonyl (C=O) groups excluding carboxylic acids is 1. The topological polar surface area (TPSA) is 84.3 Å². The van der Waals surface area contributed by atoms with Crippen molar-refractivity contribution < 1.29 is 9.72 Å². The highest BCUT2D eigenvalue weighted by atomic mass is 32.2. The van der Waals surface area contributed by atoms with E-state index in [4.69, 9.17) is 0 Å². The van der Waals surface area contributed by atoms with Gasteiger partial charge in [-0.05, 0) is 44.2 Å². The molecule has 7 heteroatoms. The van der Waals surface area contributed by atoms with Crippen molar-refractivity contribution in [1.29, 1.82) is 0 Å². The summed E-state index contributed by atoms with van der Waals surface area (Å²) in [5, 5.41) is 17.6. The molecule has 6 nitrogen and oxygen atoms in total. The lowest BCUT2D eigenvalue weighted by molar-refractivity contribution is -0.387. The zero-order chi connectivity index (χ0) is 19.2. The lowest BCUT2D eigenvalue weighted by atomic mass is 10.1. The second-order valence-electron chi connectivity index (χ2n) is 6.35. The van der Waals surface area contributed by atoms with Gasteiger partial charge < -0.3 is 10.6 Å². The first-order chi connectivity index (χ1) is 13.0. The Labute approximate surface area is 162 Å². The zero-order valence-electron chi connectivity index (χ0n) is 15.0. The van der Waals surface area contributed by atoms with Gasteiger partial charge in [0.2, 0.25) is 0 Å². The Balaban J connectivity index is 1.74. The molecular weight excluding hydrogens is 362 g/mol. The number of carbonyl (C=O) groups is 1. The molecule has 27 heavy (non-hydrogen) atoms. The smallest absolute Gasteiger partial charge is 0.284 e. The standard InChI is InChI=1S/C20H21N3O3S/c1-14-2-5-17(6-3-14)27-19-7-4-16(12-18(19)23(25)26)20(24)22-13-15-8-10-21-11-9-15/h2-8,12,21H,9-11,13H2,1H3,(H,22,24). The van der Waals surface area contributed by atoms with Crippen LogP contribution in [0.2, 0.25) is 0 Å². The molecule has 140 valence electrons. The Morgan fingerprint density at radius 1 is 1.26 bits per heavy atom. The molecule has 0 bridgehead atoms. The van der Waals surface area contributed by atoms with Crippen LogP contribution >= 0.6 is 11.8 Å². The minimum Gasteiger partial charge on any atom is -0.348 e. The van der Waals surface area contributed by atoms with Crippen LogP contribution in [0.3, 0.4) is 0 Å². The van der Waals surface area contributed by atoms with Crippen LogP contribution in [0.4, 0.5) is 5.69 Å². The van der Waals surface area contributed by atoms with Crippen LogP contribution in [0, 0.1) is 17.0 Å². The number of hydrogen-bond donors (Lipinski definition) is 2. The molecule has 0 fully saturated rings. The van der Waals surface area contributed by atoms with Gasteiger partial charge in [0, 0.05) is 29.6 Å². The maximum absolute atomic E-state index is 12.4. The molecule has 0 saturated carbocycles. The highest BCUT2D eigenvalue weighted by Gasteiger charge is 2.18. The van der Waals surface area contributed by atoms with E-state index in [1.54, 1.807) is 12.1 Å². The third kappa shape index (κ3) is 5.18. The number of nitro benzene ring substituents is 1. The monoisotopic (exact) mass is 383 g/mol. The van der Waals surface area contributed by atoms with Crippen molar-refractivity contribution in [3.05, 3.63) is 75.4 Å². The Kier molecular flexibility index (Phi) is 6.26. The molecule has 0 aliphatic carbocycles. The maximum atomic E-state index is 12.4. The van der Waals surface area contributed by atoms with Crippen LogP contribution < -0.4 is 10.6 Å². The van der Waals surface area contributed by atoms with Crippen molar-refractivity contribution in [2.24, 2.45) is 0 Å². The van der Waals surface area contributed by atoms with E-state index >= 15 is 0 Å². The molecule has 2 N–H and O–H groups in total. The molecule has 1 heterocycles. The average molecular weight is 383 g/mol. The van der Waals surface area contributed by atoms with Gasteiger partial charge in [-0.2, -0.15) is 0 Å². The summed E-state index contributed by atoms with van der Waals surface area (Å²) in [4.78, 5) is 24.9.